The predicted molar refractivity (Wildman–Crippen MR) is 72.4 cm³/mol. The Morgan fingerprint density at radius 1 is 1.40 bits per heavy atom. The van der Waals surface area contributed by atoms with Crippen molar-refractivity contribution in [2.45, 2.75) is 18.6 Å². The summed E-state index contributed by atoms with van der Waals surface area (Å²) in [5.74, 6) is -0.319. The fraction of sp³-hybridized carbons (Fsp3) is 0.417. The van der Waals surface area contributed by atoms with Crippen LogP contribution in [0, 0.1) is 0 Å². The SMILES string of the molecule is COC(=O)c1cnc(N2CC(SC(C)=O)CC2=O)cn1. The molecule has 20 heavy (non-hydrogen) atoms. The average Bonchev–Trinajstić information content (AvgIpc) is 2.78. The highest BCUT2D eigenvalue weighted by molar-refractivity contribution is 8.14. The van der Waals surface area contributed by atoms with Crippen LogP contribution in [0.4, 0.5) is 5.82 Å². The molecule has 1 aliphatic rings. The first-order valence-corrected chi connectivity index (χ1v) is 6.77. The molecule has 1 atom stereocenters. The van der Waals surface area contributed by atoms with Crippen LogP contribution in [-0.2, 0) is 14.3 Å². The summed E-state index contributed by atoms with van der Waals surface area (Å²) >= 11 is 1.15. The first-order chi connectivity index (χ1) is 9.51. The Kier molecular flexibility index (Phi) is 4.33. The van der Waals surface area contributed by atoms with E-state index in [1.54, 1.807) is 0 Å². The first-order valence-electron chi connectivity index (χ1n) is 5.89. The smallest absolute Gasteiger partial charge is 0.358 e. The Bertz CT molecular complexity index is 546. The molecule has 7 nitrogen and oxygen atoms in total. The zero-order valence-electron chi connectivity index (χ0n) is 11.0. The zero-order valence-corrected chi connectivity index (χ0v) is 11.8. The Hall–Kier alpha value is -1.96. The molecule has 1 unspecified atom stereocenters. The lowest BCUT2D eigenvalue weighted by atomic mass is 10.4. The number of amides is 1. The summed E-state index contributed by atoms with van der Waals surface area (Å²) in [4.78, 5) is 43.6. The lowest BCUT2D eigenvalue weighted by Crippen LogP contribution is -2.26. The number of hydrogen-bond donors (Lipinski definition) is 0. The third kappa shape index (κ3) is 3.13. The second-order valence-corrected chi connectivity index (χ2v) is 5.67. The minimum absolute atomic E-state index is 0.0169. The van der Waals surface area contributed by atoms with Gasteiger partial charge in [-0.1, -0.05) is 11.8 Å². The maximum absolute atomic E-state index is 11.9. The van der Waals surface area contributed by atoms with E-state index in [0.29, 0.717) is 18.8 Å². The van der Waals surface area contributed by atoms with E-state index in [2.05, 4.69) is 14.7 Å². The van der Waals surface area contributed by atoms with Crippen LogP contribution in [0.5, 0.6) is 0 Å². The molecule has 1 aromatic rings. The number of thioether (sulfide) groups is 1. The van der Waals surface area contributed by atoms with Gasteiger partial charge in [-0.15, -0.1) is 0 Å². The number of ether oxygens (including phenoxy) is 1. The summed E-state index contributed by atoms with van der Waals surface area (Å²) in [6.45, 7) is 1.89. The number of methoxy groups -OCH3 is 1. The van der Waals surface area contributed by atoms with E-state index in [0.717, 1.165) is 11.8 Å². The molecule has 0 bridgehead atoms. The van der Waals surface area contributed by atoms with E-state index in [9.17, 15) is 14.4 Å². The highest BCUT2D eigenvalue weighted by Gasteiger charge is 2.32. The van der Waals surface area contributed by atoms with Crippen molar-refractivity contribution in [3.63, 3.8) is 0 Å². The molecular weight excluding hydrogens is 282 g/mol. The number of anilines is 1. The van der Waals surface area contributed by atoms with Crippen molar-refractivity contribution in [2.24, 2.45) is 0 Å². The van der Waals surface area contributed by atoms with Crippen molar-refractivity contribution in [2.75, 3.05) is 18.6 Å². The van der Waals surface area contributed by atoms with E-state index < -0.39 is 5.97 Å². The second-order valence-electron chi connectivity index (χ2n) is 4.19. The van der Waals surface area contributed by atoms with Crippen LogP contribution in [0.25, 0.3) is 0 Å². The van der Waals surface area contributed by atoms with E-state index in [4.69, 9.17) is 0 Å². The van der Waals surface area contributed by atoms with Gasteiger partial charge in [0, 0.05) is 25.1 Å². The largest absolute Gasteiger partial charge is 0.464 e. The molecule has 106 valence electrons. The van der Waals surface area contributed by atoms with Crippen LogP contribution in [0.15, 0.2) is 12.4 Å². The van der Waals surface area contributed by atoms with Crippen molar-refractivity contribution >= 4 is 34.6 Å². The molecular formula is C12H13N3O4S. The zero-order chi connectivity index (χ0) is 14.7. The molecule has 2 heterocycles. The minimum Gasteiger partial charge on any atom is -0.464 e. The fourth-order valence-electron chi connectivity index (χ4n) is 1.88. The third-order valence-corrected chi connectivity index (χ3v) is 3.71. The molecule has 1 aromatic heterocycles. The average molecular weight is 295 g/mol. The number of rotatable bonds is 3. The molecule has 1 aliphatic heterocycles. The topological polar surface area (TPSA) is 89.5 Å². The minimum atomic E-state index is -0.582. The van der Waals surface area contributed by atoms with E-state index in [1.165, 1.54) is 31.3 Å². The Balaban J connectivity index is 2.10. The van der Waals surface area contributed by atoms with E-state index >= 15 is 0 Å². The van der Waals surface area contributed by atoms with Crippen LogP contribution >= 0.6 is 11.8 Å². The van der Waals surface area contributed by atoms with Crippen LogP contribution in [0.1, 0.15) is 23.8 Å². The number of carbonyl (C=O) groups is 3. The summed E-state index contributed by atoms with van der Waals surface area (Å²) < 4.78 is 4.52. The maximum Gasteiger partial charge on any atom is 0.358 e. The van der Waals surface area contributed by atoms with Crippen molar-refractivity contribution in [3.8, 4) is 0 Å². The van der Waals surface area contributed by atoms with E-state index in [1.807, 2.05) is 0 Å². The molecule has 0 spiro atoms. The molecule has 2 rings (SSSR count). The molecule has 0 aromatic carbocycles. The second kappa shape index (κ2) is 6.00. The van der Waals surface area contributed by atoms with Gasteiger partial charge in [0.25, 0.3) is 0 Å². The standard InChI is InChI=1S/C12H13N3O4S/c1-7(16)20-8-3-11(17)15(6-8)10-5-13-9(4-14-10)12(18)19-2/h4-5,8H,3,6H2,1-2H3. The first kappa shape index (κ1) is 14.4. The highest BCUT2D eigenvalue weighted by atomic mass is 32.2. The van der Waals surface area contributed by atoms with Crippen molar-refractivity contribution in [1.82, 2.24) is 9.97 Å². The number of aromatic nitrogens is 2. The summed E-state index contributed by atoms with van der Waals surface area (Å²) in [6.07, 6.45) is 2.91. The van der Waals surface area contributed by atoms with Crippen LogP contribution in [0.2, 0.25) is 0 Å². The van der Waals surface area contributed by atoms with Gasteiger partial charge in [0.05, 0.1) is 19.5 Å². The van der Waals surface area contributed by atoms with Crippen molar-refractivity contribution in [3.05, 3.63) is 18.1 Å². The number of carbonyl (C=O) groups excluding carboxylic acids is 3. The molecule has 0 saturated carbocycles. The summed E-state index contributed by atoms with van der Waals surface area (Å²) in [5.41, 5.74) is 0.0811. The summed E-state index contributed by atoms with van der Waals surface area (Å²) in [5, 5.41) is -0.0844. The van der Waals surface area contributed by atoms with Crippen LogP contribution in [0.3, 0.4) is 0 Å². The summed E-state index contributed by atoms with van der Waals surface area (Å²) in [6, 6.07) is 0. The van der Waals surface area contributed by atoms with Gasteiger partial charge in [0.15, 0.2) is 16.6 Å². The number of esters is 1. The van der Waals surface area contributed by atoms with Gasteiger partial charge < -0.3 is 4.74 Å². The Morgan fingerprint density at radius 2 is 2.15 bits per heavy atom. The molecule has 8 heteroatoms. The molecule has 1 fully saturated rings. The van der Waals surface area contributed by atoms with Gasteiger partial charge in [-0.05, 0) is 0 Å². The highest BCUT2D eigenvalue weighted by Crippen LogP contribution is 2.27. The fourth-order valence-corrected chi connectivity index (χ4v) is 2.80. The van der Waals surface area contributed by atoms with Gasteiger partial charge in [-0.25, -0.2) is 14.8 Å². The van der Waals surface area contributed by atoms with Gasteiger partial charge in [-0.2, -0.15) is 0 Å². The molecule has 0 radical (unpaired) electrons. The number of hydrogen-bond acceptors (Lipinski definition) is 7. The van der Waals surface area contributed by atoms with E-state index in [-0.39, 0.29) is 22.0 Å². The lowest BCUT2D eigenvalue weighted by molar-refractivity contribution is -0.117. The quantitative estimate of drug-likeness (QED) is 0.756. The lowest BCUT2D eigenvalue weighted by Gasteiger charge is -2.14. The monoisotopic (exact) mass is 295 g/mol. The van der Waals surface area contributed by atoms with Crippen molar-refractivity contribution in [1.29, 1.82) is 0 Å². The van der Waals surface area contributed by atoms with Crippen molar-refractivity contribution < 1.29 is 19.1 Å². The van der Waals surface area contributed by atoms with Gasteiger partial charge in [0.1, 0.15) is 0 Å². The number of nitrogens with zero attached hydrogens (tertiary/aromatic N) is 3. The Labute approximate surface area is 119 Å². The normalized spacial score (nSPS) is 18.2. The van der Waals surface area contributed by atoms with Crippen LogP contribution in [-0.4, -0.2) is 45.9 Å². The maximum atomic E-state index is 11.9. The molecule has 0 N–H and O–H groups in total. The molecule has 0 aliphatic carbocycles. The van der Waals surface area contributed by atoms with Gasteiger partial charge in [0.2, 0.25) is 5.91 Å². The summed E-state index contributed by atoms with van der Waals surface area (Å²) in [7, 11) is 1.26. The Morgan fingerprint density at radius 3 is 2.70 bits per heavy atom. The predicted octanol–water partition coefficient (Wildman–Crippen LogP) is 0.648. The van der Waals surface area contributed by atoms with Gasteiger partial charge in [-0.3, -0.25) is 14.5 Å². The third-order valence-electron chi connectivity index (χ3n) is 2.73. The molecule has 1 amide bonds. The molecule has 1 saturated heterocycles. The van der Waals surface area contributed by atoms with Crippen LogP contribution < -0.4 is 4.90 Å². The van der Waals surface area contributed by atoms with Gasteiger partial charge >= 0.3 is 5.97 Å².